The summed E-state index contributed by atoms with van der Waals surface area (Å²) in [5.74, 6) is -1.99. The third-order valence-corrected chi connectivity index (χ3v) is 6.74. The molecule has 1 aliphatic carbocycles. The van der Waals surface area contributed by atoms with Gasteiger partial charge in [-0.15, -0.1) is 5.06 Å². The molecule has 0 radical (unpaired) electrons. The number of carbonyl (C=O) groups is 3. The molecule has 0 saturated carbocycles. The van der Waals surface area contributed by atoms with Crippen molar-refractivity contribution in [3.63, 3.8) is 0 Å². The first-order chi connectivity index (χ1) is 12.5. The Hall–Kier alpha value is -2.06. The van der Waals surface area contributed by atoms with Gasteiger partial charge in [0, 0.05) is 24.3 Å². The van der Waals surface area contributed by atoms with E-state index in [1.165, 1.54) is 0 Å². The average Bonchev–Trinajstić information content (AvgIpc) is 2.99. The van der Waals surface area contributed by atoms with E-state index in [4.69, 9.17) is 4.84 Å². The molecular formula is C18H18N2O4S2. The lowest BCUT2D eigenvalue weighted by molar-refractivity contribution is -0.199. The van der Waals surface area contributed by atoms with Gasteiger partial charge in [0.1, 0.15) is 5.03 Å². The van der Waals surface area contributed by atoms with Gasteiger partial charge in [0.15, 0.2) is 0 Å². The summed E-state index contributed by atoms with van der Waals surface area (Å²) in [6.07, 6.45) is 8.11. The summed E-state index contributed by atoms with van der Waals surface area (Å²) in [5, 5.41) is 1.78. The van der Waals surface area contributed by atoms with Crippen molar-refractivity contribution in [2.24, 2.45) is 5.92 Å². The number of aromatic nitrogens is 1. The summed E-state index contributed by atoms with van der Waals surface area (Å²) in [7, 11) is 3.30. The number of allylic oxidation sites excluding steroid dienone is 2. The second-order valence-corrected chi connectivity index (χ2v) is 8.45. The van der Waals surface area contributed by atoms with Gasteiger partial charge in [-0.1, -0.05) is 35.1 Å². The van der Waals surface area contributed by atoms with E-state index in [9.17, 15) is 14.4 Å². The van der Waals surface area contributed by atoms with Gasteiger partial charge in [-0.3, -0.25) is 9.59 Å². The zero-order chi connectivity index (χ0) is 18.5. The van der Waals surface area contributed by atoms with Crippen molar-refractivity contribution in [3.8, 4) is 0 Å². The van der Waals surface area contributed by atoms with Gasteiger partial charge in [-0.25, -0.2) is 9.78 Å². The van der Waals surface area contributed by atoms with Gasteiger partial charge in [0.05, 0.1) is 5.92 Å². The van der Waals surface area contributed by atoms with E-state index in [1.807, 2.05) is 30.4 Å². The first kappa shape index (κ1) is 18.7. The third-order valence-electron chi connectivity index (χ3n) is 4.00. The van der Waals surface area contributed by atoms with Crippen LogP contribution >= 0.6 is 21.6 Å². The van der Waals surface area contributed by atoms with Crippen LogP contribution in [-0.4, -0.2) is 33.1 Å². The Morgan fingerprint density at radius 2 is 2.08 bits per heavy atom. The molecule has 1 aromatic rings. The van der Waals surface area contributed by atoms with Crippen molar-refractivity contribution in [3.05, 3.63) is 48.2 Å². The van der Waals surface area contributed by atoms with Gasteiger partial charge in [0.2, 0.25) is 0 Å². The van der Waals surface area contributed by atoms with Gasteiger partial charge >= 0.3 is 5.97 Å². The Bertz CT molecular complexity index is 748. The van der Waals surface area contributed by atoms with Crippen molar-refractivity contribution in [2.75, 3.05) is 0 Å². The Morgan fingerprint density at radius 3 is 2.69 bits per heavy atom. The number of rotatable bonds is 6. The summed E-state index contributed by atoms with van der Waals surface area (Å²) in [6.45, 7) is 2.09. The molecule has 1 aliphatic heterocycles. The molecule has 1 aromatic heterocycles. The van der Waals surface area contributed by atoms with Crippen molar-refractivity contribution < 1.29 is 19.2 Å². The molecule has 2 heterocycles. The maximum atomic E-state index is 12.2. The molecule has 2 amide bonds. The van der Waals surface area contributed by atoms with Crippen LogP contribution in [-0.2, 0) is 19.2 Å². The molecule has 2 atom stereocenters. The molecule has 2 aliphatic rings. The van der Waals surface area contributed by atoms with Crippen molar-refractivity contribution in [1.82, 2.24) is 10.0 Å². The van der Waals surface area contributed by atoms with Crippen LogP contribution in [0.1, 0.15) is 26.2 Å². The average molecular weight is 390 g/mol. The summed E-state index contributed by atoms with van der Waals surface area (Å²) in [4.78, 5) is 44.5. The lowest BCUT2D eigenvalue weighted by Crippen LogP contribution is -2.34. The second-order valence-electron chi connectivity index (χ2n) is 5.89. The summed E-state index contributed by atoms with van der Waals surface area (Å²) in [5.41, 5.74) is 1.12. The fourth-order valence-corrected chi connectivity index (χ4v) is 4.63. The minimum Gasteiger partial charge on any atom is -0.330 e. The van der Waals surface area contributed by atoms with Gasteiger partial charge in [-0.05, 0) is 41.8 Å². The predicted molar refractivity (Wildman–Crippen MR) is 99.7 cm³/mol. The van der Waals surface area contributed by atoms with Gasteiger partial charge in [0.25, 0.3) is 11.8 Å². The highest BCUT2D eigenvalue weighted by Gasteiger charge is 2.34. The van der Waals surface area contributed by atoms with Crippen molar-refractivity contribution in [1.29, 1.82) is 0 Å². The van der Waals surface area contributed by atoms with Crippen LogP contribution in [0.4, 0.5) is 0 Å². The largest absolute Gasteiger partial charge is 0.340 e. The molecule has 0 bridgehead atoms. The molecule has 6 nitrogen and oxygen atoms in total. The molecule has 0 aromatic carbocycles. The van der Waals surface area contributed by atoms with Crippen LogP contribution in [0.2, 0.25) is 0 Å². The monoisotopic (exact) mass is 390 g/mol. The third kappa shape index (κ3) is 4.56. The highest BCUT2D eigenvalue weighted by atomic mass is 33.1. The highest BCUT2D eigenvalue weighted by molar-refractivity contribution is 8.77. The van der Waals surface area contributed by atoms with E-state index in [-0.39, 0.29) is 18.1 Å². The smallest absolute Gasteiger partial charge is 0.330 e. The van der Waals surface area contributed by atoms with Crippen molar-refractivity contribution >= 4 is 39.4 Å². The number of carbonyl (C=O) groups excluding carboxylic acids is 3. The van der Waals surface area contributed by atoms with Crippen LogP contribution in [0.15, 0.2) is 53.2 Å². The first-order valence-corrected chi connectivity index (χ1v) is 10.5. The molecule has 0 N–H and O–H groups in total. The fourth-order valence-electron chi connectivity index (χ4n) is 2.50. The fraction of sp³-hybridized carbons (Fsp3) is 0.333. The molecule has 1 saturated heterocycles. The molecule has 1 fully saturated rings. The molecule has 3 rings (SSSR count). The molecule has 26 heavy (non-hydrogen) atoms. The van der Waals surface area contributed by atoms with E-state index < -0.39 is 23.7 Å². The van der Waals surface area contributed by atoms with Crippen LogP contribution in [0, 0.1) is 5.92 Å². The Balaban J connectivity index is 1.50. The number of imide groups is 1. The van der Waals surface area contributed by atoms with Crippen molar-refractivity contribution in [2.45, 2.75) is 36.5 Å². The lowest BCUT2D eigenvalue weighted by Gasteiger charge is -2.20. The zero-order valence-electron chi connectivity index (χ0n) is 14.2. The normalized spacial score (nSPS) is 20.9. The van der Waals surface area contributed by atoms with E-state index in [1.54, 1.807) is 33.9 Å². The molecule has 0 spiro atoms. The van der Waals surface area contributed by atoms with Crippen LogP contribution in [0.3, 0.4) is 0 Å². The maximum absolute atomic E-state index is 12.2. The second kappa shape index (κ2) is 8.55. The predicted octanol–water partition coefficient (Wildman–Crippen LogP) is 3.32. The molecule has 2 unspecified atom stereocenters. The molecular weight excluding hydrogens is 372 g/mol. The van der Waals surface area contributed by atoms with E-state index >= 15 is 0 Å². The standard InChI is InChI=1S/C18H18N2O4S2/c1-12(25-26-15-4-2-3-11-19-15)13-5-7-14(8-6-13)18(23)24-20-16(21)9-10-17(20)22/h2-7,11-12,14H,8-10H2,1H3. The zero-order valence-corrected chi connectivity index (χ0v) is 15.8. The number of amides is 2. The lowest BCUT2D eigenvalue weighted by atomic mass is 9.96. The van der Waals surface area contributed by atoms with Gasteiger partial charge < -0.3 is 4.84 Å². The highest BCUT2D eigenvalue weighted by Crippen LogP contribution is 2.37. The quantitative estimate of drug-likeness (QED) is 0.545. The van der Waals surface area contributed by atoms with Crippen LogP contribution in [0.25, 0.3) is 0 Å². The van der Waals surface area contributed by atoms with E-state index in [0.717, 1.165) is 10.6 Å². The Morgan fingerprint density at radius 1 is 1.31 bits per heavy atom. The number of nitrogens with zero attached hydrogens (tertiary/aromatic N) is 2. The molecule has 8 heteroatoms. The first-order valence-electron chi connectivity index (χ1n) is 8.25. The summed E-state index contributed by atoms with van der Waals surface area (Å²) < 4.78 is 0. The van der Waals surface area contributed by atoms with E-state index in [2.05, 4.69) is 11.9 Å². The van der Waals surface area contributed by atoms with Gasteiger partial charge in [-0.2, -0.15) is 0 Å². The number of hydroxylamine groups is 2. The minimum absolute atomic E-state index is 0.0966. The number of hydrogen-bond donors (Lipinski definition) is 0. The summed E-state index contributed by atoms with van der Waals surface area (Å²) >= 11 is 0. The number of pyridine rings is 1. The molecule has 136 valence electrons. The Labute approximate surface area is 159 Å². The van der Waals surface area contributed by atoms with E-state index in [0.29, 0.717) is 11.5 Å². The maximum Gasteiger partial charge on any atom is 0.340 e. The SMILES string of the molecule is CC(SSc1ccccn1)C1=CCC(C(=O)ON2C(=O)CCC2=O)C=C1. The minimum atomic E-state index is -0.580. The summed E-state index contributed by atoms with van der Waals surface area (Å²) in [6, 6.07) is 5.79. The number of hydrogen-bond acceptors (Lipinski definition) is 7. The van der Waals surface area contributed by atoms with Crippen LogP contribution < -0.4 is 0 Å². The topological polar surface area (TPSA) is 76.6 Å². The van der Waals surface area contributed by atoms with Crippen LogP contribution in [0.5, 0.6) is 0 Å². The Kier molecular flexibility index (Phi) is 6.16.